The smallest absolute Gasteiger partial charge is 0.147 e. The molecule has 3 aliphatic carbocycles. The molecule has 2 aromatic heterocycles. The Balaban J connectivity index is 1.63. The Morgan fingerprint density at radius 2 is 2.00 bits per heavy atom. The first-order valence-corrected chi connectivity index (χ1v) is 8.05. The number of nitrogens with zero attached hydrogens (tertiary/aromatic N) is 4. The molecule has 2 bridgehead atoms. The number of hydrogen-bond acceptors (Lipinski definition) is 6. The van der Waals surface area contributed by atoms with Crippen LogP contribution >= 0.6 is 23.1 Å². The van der Waals surface area contributed by atoms with Gasteiger partial charge in [-0.05, 0) is 43.6 Å². The van der Waals surface area contributed by atoms with Crippen LogP contribution in [-0.2, 0) is 5.41 Å². The molecule has 2 heterocycles. The molecule has 5 rings (SSSR count). The van der Waals surface area contributed by atoms with E-state index in [-0.39, 0.29) is 0 Å². The third-order valence-electron chi connectivity index (χ3n) is 3.99. The van der Waals surface area contributed by atoms with E-state index in [9.17, 15) is 0 Å². The molecule has 3 saturated carbocycles. The zero-order valence-corrected chi connectivity index (χ0v) is 11.6. The van der Waals surface area contributed by atoms with Gasteiger partial charge >= 0.3 is 0 Å². The number of thioether (sulfide) groups is 1. The molecule has 2 aromatic rings. The number of hydrogen-bond donors (Lipinski definition) is 0. The Labute approximate surface area is 113 Å². The highest BCUT2D eigenvalue weighted by Gasteiger charge is 2.59. The SMILES string of the molecule is CSc1ccc(-c2nnc(C34CC(C3)C4)s2)nn1. The second-order valence-corrected chi connectivity index (χ2v) is 6.94. The molecule has 0 aromatic carbocycles. The van der Waals surface area contributed by atoms with Crippen molar-refractivity contribution in [1.82, 2.24) is 20.4 Å². The van der Waals surface area contributed by atoms with Crippen LogP contribution in [0.25, 0.3) is 10.7 Å². The number of rotatable bonds is 3. The summed E-state index contributed by atoms with van der Waals surface area (Å²) < 4.78 is 0. The second-order valence-electron chi connectivity index (χ2n) is 5.13. The van der Waals surface area contributed by atoms with Gasteiger partial charge in [-0.3, -0.25) is 0 Å². The third kappa shape index (κ3) is 1.45. The molecule has 3 fully saturated rings. The fourth-order valence-corrected chi connectivity index (χ4v) is 4.18. The summed E-state index contributed by atoms with van der Waals surface area (Å²) in [7, 11) is 0. The van der Waals surface area contributed by atoms with Gasteiger partial charge in [-0.15, -0.1) is 32.2 Å². The first-order chi connectivity index (χ1) is 8.79. The molecular formula is C12H12N4S2. The van der Waals surface area contributed by atoms with E-state index < -0.39 is 0 Å². The van der Waals surface area contributed by atoms with Crippen molar-refractivity contribution in [3.63, 3.8) is 0 Å². The van der Waals surface area contributed by atoms with E-state index in [0.29, 0.717) is 5.41 Å². The zero-order valence-electron chi connectivity index (χ0n) is 9.96. The number of aromatic nitrogens is 4. The van der Waals surface area contributed by atoms with Crippen molar-refractivity contribution in [2.24, 2.45) is 5.92 Å². The first-order valence-electron chi connectivity index (χ1n) is 6.01. The Morgan fingerprint density at radius 3 is 2.56 bits per heavy atom. The topological polar surface area (TPSA) is 51.6 Å². The summed E-state index contributed by atoms with van der Waals surface area (Å²) in [5, 5.41) is 20.0. The highest BCUT2D eigenvalue weighted by molar-refractivity contribution is 7.98. The van der Waals surface area contributed by atoms with Gasteiger partial charge < -0.3 is 0 Å². The van der Waals surface area contributed by atoms with Crippen molar-refractivity contribution in [3.8, 4) is 10.7 Å². The quantitative estimate of drug-likeness (QED) is 0.807. The summed E-state index contributed by atoms with van der Waals surface area (Å²) in [6, 6.07) is 3.96. The predicted octanol–water partition coefficient (Wildman–Crippen LogP) is 2.77. The van der Waals surface area contributed by atoms with Crippen molar-refractivity contribution in [2.45, 2.75) is 29.7 Å². The average Bonchev–Trinajstić information content (AvgIpc) is 2.75. The van der Waals surface area contributed by atoms with E-state index in [0.717, 1.165) is 21.6 Å². The van der Waals surface area contributed by atoms with Crippen LogP contribution in [0.4, 0.5) is 0 Å². The molecule has 3 aliphatic rings. The zero-order chi connectivity index (χ0) is 12.2. The van der Waals surface area contributed by atoms with Gasteiger partial charge in [-0.25, -0.2) is 0 Å². The fourth-order valence-electron chi connectivity index (χ4n) is 2.82. The lowest BCUT2D eigenvalue weighted by Crippen LogP contribution is -2.55. The van der Waals surface area contributed by atoms with Gasteiger partial charge in [-0.2, -0.15) is 0 Å². The molecule has 92 valence electrons. The Hall–Kier alpha value is -1.01. The van der Waals surface area contributed by atoms with Crippen molar-refractivity contribution < 1.29 is 0 Å². The van der Waals surface area contributed by atoms with Crippen LogP contribution in [0.2, 0.25) is 0 Å². The first kappa shape index (κ1) is 10.9. The van der Waals surface area contributed by atoms with Crippen molar-refractivity contribution in [2.75, 3.05) is 6.26 Å². The van der Waals surface area contributed by atoms with E-state index in [2.05, 4.69) is 20.4 Å². The van der Waals surface area contributed by atoms with Crippen LogP contribution in [0, 0.1) is 5.92 Å². The summed E-state index contributed by atoms with van der Waals surface area (Å²) in [6.45, 7) is 0. The molecular weight excluding hydrogens is 264 g/mol. The van der Waals surface area contributed by atoms with E-state index in [1.165, 1.54) is 24.3 Å². The van der Waals surface area contributed by atoms with E-state index in [4.69, 9.17) is 0 Å². The molecule has 4 nitrogen and oxygen atoms in total. The summed E-state index contributed by atoms with van der Waals surface area (Å²) in [5.74, 6) is 0.970. The molecule has 18 heavy (non-hydrogen) atoms. The molecule has 0 saturated heterocycles. The van der Waals surface area contributed by atoms with Gasteiger partial charge in [0.15, 0.2) is 5.01 Å². The molecule has 0 unspecified atom stereocenters. The summed E-state index contributed by atoms with van der Waals surface area (Å²) in [5.41, 5.74) is 1.23. The van der Waals surface area contributed by atoms with Crippen LogP contribution in [-0.4, -0.2) is 26.7 Å². The van der Waals surface area contributed by atoms with Gasteiger partial charge in [0, 0.05) is 5.41 Å². The third-order valence-corrected chi connectivity index (χ3v) is 5.81. The monoisotopic (exact) mass is 276 g/mol. The van der Waals surface area contributed by atoms with Gasteiger partial charge in [-0.1, -0.05) is 11.3 Å². The van der Waals surface area contributed by atoms with Crippen LogP contribution < -0.4 is 0 Å². The Kier molecular flexibility index (Phi) is 2.26. The van der Waals surface area contributed by atoms with Crippen LogP contribution in [0.15, 0.2) is 17.2 Å². The maximum absolute atomic E-state index is 4.36. The normalized spacial score (nSPS) is 28.6. The largest absolute Gasteiger partial charge is 0.168 e. The molecule has 0 atom stereocenters. The lowest BCUT2D eigenvalue weighted by molar-refractivity contribution is -0.0280. The highest BCUT2D eigenvalue weighted by atomic mass is 32.2. The second kappa shape index (κ2) is 3.74. The van der Waals surface area contributed by atoms with Crippen molar-refractivity contribution in [3.05, 3.63) is 17.1 Å². The highest BCUT2D eigenvalue weighted by Crippen LogP contribution is 2.65. The maximum atomic E-state index is 4.36. The lowest BCUT2D eigenvalue weighted by Gasteiger charge is -2.60. The predicted molar refractivity (Wildman–Crippen MR) is 71.7 cm³/mol. The van der Waals surface area contributed by atoms with Crippen LogP contribution in [0.5, 0.6) is 0 Å². The molecule has 0 N–H and O–H groups in total. The molecule has 0 radical (unpaired) electrons. The molecule has 0 amide bonds. The van der Waals surface area contributed by atoms with Gasteiger partial charge in [0.05, 0.1) is 0 Å². The molecule has 6 heteroatoms. The fraction of sp³-hybridized carbons (Fsp3) is 0.500. The molecule has 0 spiro atoms. The standard InChI is InChI=1S/C12H12N4S2/c1-17-9-3-2-8(13-14-9)10-15-16-11(18-10)12-4-7(5-12)6-12/h2-3,7H,4-6H2,1H3. The van der Waals surface area contributed by atoms with Crippen molar-refractivity contribution in [1.29, 1.82) is 0 Å². The van der Waals surface area contributed by atoms with E-state index in [1.807, 2.05) is 18.4 Å². The summed E-state index contributed by atoms with van der Waals surface area (Å²) >= 11 is 3.28. The summed E-state index contributed by atoms with van der Waals surface area (Å²) in [6.07, 6.45) is 5.95. The molecule has 0 aliphatic heterocycles. The summed E-state index contributed by atoms with van der Waals surface area (Å²) in [4.78, 5) is 0. The maximum Gasteiger partial charge on any atom is 0.168 e. The van der Waals surface area contributed by atoms with Crippen LogP contribution in [0.1, 0.15) is 24.3 Å². The van der Waals surface area contributed by atoms with E-state index >= 15 is 0 Å². The lowest BCUT2D eigenvalue weighted by atomic mass is 9.45. The Bertz CT molecular complexity index is 575. The average molecular weight is 276 g/mol. The Morgan fingerprint density at radius 1 is 1.17 bits per heavy atom. The van der Waals surface area contributed by atoms with Crippen molar-refractivity contribution >= 4 is 23.1 Å². The van der Waals surface area contributed by atoms with Crippen LogP contribution in [0.3, 0.4) is 0 Å². The van der Waals surface area contributed by atoms with Gasteiger partial charge in [0.25, 0.3) is 0 Å². The minimum atomic E-state index is 0.396. The minimum Gasteiger partial charge on any atom is -0.147 e. The van der Waals surface area contributed by atoms with Gasteiger partial charge in [0.1, 0.15) is 15.7 Å². The van der Waals surface area contributed by atoms with Gasteiger partial charge in [0.2, 0.25) is 0 Å². The van der Waals surface area contributed by atoms with E-state index in [1.54, 1.807) is 23.1 Å². The minimum absolute atomic E-state index is 0.396.